The minimum Gasteiger partial charge on any atom is -0.334 e. The molecule has 22 heavy (non-hydrogen) atoms. The average molecular weight is 299 g/mol. The molecule has 0 radical (unpaired) electrons. The highest BCUT2D eigenvalue weighted by Crippen LogP contribution is 2.26. The SMILES string of the molecule is CC(C)N1Cc2[nH]nc(C(=O)N(C)Cc3ccccn3)c2C1. The normalized spacial score (nSPS) is 14.4. The van der Waals surface area contributed by atoms with Crippen LogP contribution < -0.4 is 0 Å². The smallest absolute Gasteiger partial charge is 0.274 e. The van der Waals surface area contributed by atoms with Crippen molar-refractivity contribution in [3.63, 3.8) is 0 Å². The lowest BCUT2D eigenvalue weighted by atomic mass is 10.2. The van der Waals surface area contributed by atoms with E-state index >= 15 is 0 Å². The van der Waals surface area contributed by atoms with E-state index in [4.69, 9.17) is 0 Å². The monoisotopic (exact) mass is 299 g/mol. The number of nitrogens with one attached hydrogen (secondary N) is 1. The molecule has 1 N–H and O–H groups in total. The number of fused-ring (bicyclic) bond motifs is 1. The van der Waals surface area contributed by atoms with Gasteiger partial charge in [0.25, 0.3) is 5.91 Å². The van der Waals surface area contributed by atoms with Crippen LogP contribution in [0.3, 0.4) is 0 Å². The molecule has 0 unspecified atom stereocenters. The number of hydrogen-bond acceptors (Lipinski definition) is 4. The summed E-state index contributed by atoms with van der Waals surface area (Å²) in [6, 6.07) is 6.16. The molecular weight excluding hydrogens is 278 g/mol. The number of H-pyrrole nitrogens is 1. The van der Waals surface area contributed by atoms with E-state index in [1.54, 1.807) is 18.1 Å². The van der Waals surface area contributed by atoms with Gasteiger partial charge in [0.2, 0.25) is 0 Å². The van der Waals surface area contributed by atoms with Crippen LogP contribution in [-0.4, -0.2) is 44.0 Å². The fourth-order valence-corrected chi connectivity index (χ4v) is 2.69. The van der Waals surface area contributed by atoms with Gasteiger partial charge in [0.15, 0.2) is 5.69 Å². The van der Waals surface area contributed by atoms with Gasteiger partial charge in [-0.2, -0.15) is 5.10 Å². The fraction of sp³-hybridized carbons (Fsp3) is 0.438. The molecule has 1 aliphatic heterocycles. The molecule has 1 aliphatic rings. The standard InChI is InChI=1S/C16H21N5O/c1-11(2)21-9-13-14(10-21)18-19-15(13)16(22)20(3)8-12-6-4-5-7-17-12/h4-7,11H,8-10H2,1-3H3,(H,18,19). The van der Waals surface area contributed by atoms with Crippen LogP contribution in [0.4, 0.5) is 0 Å². The molecule has 0 aliphatic carbocycles. The Kier molecular flexibility index (Phi) is 3.94. The number of aromatic nitrogens is 3. The van der Waals surface area contributed by atoms with Crippen molar-refractivity contribution in [3.8, 4) is 0 Å². The highest BCUT2D eigenvalue weighted by atomic mass is 16.2. The van der Waals surface area contributed by atoms with Crippen molar-refractivity contribution in [2.24, 2.45) is 0 Å². The summed E-state index contributed by atoms with van der Waals surface area (Å²) in [6.45, 7) is 6.41. The summed E-state index contributed by atoms with van der Waals surface area (Å²) < 4.78 is 0. The molecule has 0 aromatic carbocycles. The summed E-state index contributed by atoms with van der Waals surface area (Å²) in [4.78, 5) is 20.9. The zero-order valence-corrected chi connectivity index (χ0v) is 13.2. The third-order valence-corrected chi connectivity index (χ3v) is 4.08. The van der Waals surface area contributed by atoms with Gasteiger partial charge in [-0.25, -0.2) is 0 Å². The maximum absolute atomic E-state index is 12.6. The van der Waals surface area contributed by atoms with Gasteiger partial charge in [-0.05, 0) is 26.0 Å². The predicted molar refractivity (Wildman–Crippen MR) is 83.0 cm³/mol. The minimum atomic E-state index is -0.0613. The van der Waals surface area contributed by atoms with E-state index in [1.165, 1.54) is 0 Å². The molecule has 6 heteroatoms. The molecule has 0 atom stereocenters. The third-order valence-electron chi connectivity index (χ3n) is 4.08. The fourth-order valence-electron chi connectivity index (χ4n) is 2.69. The van der Waals surface area contributed by atoms with Crippen LogP contribution >= 0.6 is 0 Å². The van der Waals surface area contributed by atoms with Gasteiger partial charge in [-0.3, -0.25) is 19.8 Å². The molecule has 2 aromatic heterocycles. The van der Waals surface area contributed by atoms with Crippen LogP contribution in [0.5, 0.6) is 0 Å². The minimum absolute atomic E-state index is 0.0613. The maximum Gasteiger partial charge on any atom is 0.274 e. The molecule has 0 bridgehead atoms. The highest BCUT2D eigenvalue weighted by molar-refractivity contribution is 5.93. The number of hydrogen-bond donors (Lipinski definition) is 1. The lowest BCUT2D eigenvalue weighted by Crippen LogP contribution is -2.29. The molecule has 116 valence electrons. The second-order valence-electron chi connectivity index (χ2n) is 6.01. The molecule has 3 rings (SSSR count). The summed E-state index contributed by atoms with van der Waals surface area (Å²) in [5.41, 5.74) is 3.50. The van der Waals surface area contributed by atoms with Gasteiger partial charge >= 0.3 is 0 Å². The van der Waals surface area contributed by atoms with Crippen molar-refractivity contribution in [1.82, 2.24) is 25.0 Å². The first-order chi connectivity index (χ1) is 10.6. The van der Waals surface area contributed by atoms with Crippen LogP contribution in [0.1, 0.15) is 41.3 Å². The van der Waals surface area contributed by atoms with Crippen LogP contribution in [0.15, 0.2) is 24.4 Å². The second kappa shape index (κ2) is 5.88. The molecule has 6 nitrogen and oxygen atoms in total. The Labute approximate surface area is 130 Å². The topological polar surface area (TPSA) is 65.1 Å². The summed E-state index contributed by atoms with van der Waals surface area (Å²) in [5, 5.41) is 7.25. The van der Waals surface area contributed by atoms with Gasteiger partial charge < -0.3 is 4.90 Å². The summed E-state index contributed by atoms with van der Waals surface area (Å²) >= 11 is 0. The molecular formula is C16H21N5O. The number of carbonyl (C=O) groups is 1. The summed E-state index contributed by atoms with van der Waals surface area (Å²) in [6.07, 6.45) is 1.74. The predicted octanol–water partition coefficient (Wildman–Crippen LogP) is 1.80. The van der Waals surface area contributed by atoms with Crippen molar-refractivity contribution in [2.75, 3.05) is 7.05 Å². The van der Waals surface area contributed by atoms with E-state index < -0.39 is 0 Å². The molecule has 1 amide bonds. The number of carbonyl (C=O) groups excluding carboxylic acids is 1. The van der Waals surface area contributed by atoms with Gasteiger partial charge in [-0.15, -0.1) is 0 Å². The lowest BCUT2D eigenvalue weighted by Gasteiger charge is -2.20. The van der Waals surface area contributed by atoms with Gasteiger partial charge in [0.05, 0.1) is 17.9 Å². The van der Waals surface area contributed by atoms with Crippen molar-refractivity contribution in [3.05, 3.63) is 47.0 Å². The molecule has 2 aromatic rings. The first-order valence-electron chi connectivity index (χ1n) is 7.51. The van der Waals surface area contributed by atoms with Gasteiger partial charge in [-0.1, -0.05) is 6.07 Å². The zero-order chi connectivity index (χ0) is 15.7. The van der Waals surface area contributed by atoms with E-state index in [2.05, 4.69) is 33.9 Å². The number of aromatic amines is 1. The van der Waals surface area contributed by atoms with E-state index in [9.17, 15) is 4.79 Å². The van der Waals surface area contributed by atoms with Crippen LogP contribution in [0, 0.1) is 0 Å². The van der Waals surface area contributed by atoms with Crippen LogP contribution in [-0.2, 0) is 19.6 Å². The lowest BCUT2D eigenvalue weighted by molar-refractivity contribution is 0.0775. The Hall–Kier alpha value is -2.21. The van der Waals surface area contributed by atoms with E-state index in [1.807, 2.05) is 18.2 Å². The summed E-state index contributed by atoms with van der Waals surface area (Å²) in [5.74, 6) is -0.0613. The van der Waals surface area contributed by atoms with E-state index in [-0.39, 0.29) is 5.91 Å². The second-order valence-corrected chi connectivity index (χ2v) is 6.01. The molecule has 0 saturated carbocycles. The van der Waals surface area contributed by atoms with E-state index in [0.717, 1.165) is 30.0 Å². The molecule has 0 spiro atoms. The van der Waals surface area contributed by atoms with Crippen molar-refractivity contribution >= 4 is 5.91 Å². The van der Waals surface area contributed by atoms with Gasteiger partial charge in [0, 0.05) is 37.9 Å². The van der Waals surface area contributed by atoms with Crippen LogP contribution in [0.2, 0.25) is 0 Å². The maximum atomic E-state index is 12.6. The molecule has 0 fully saturated rings. The Bertz CT molecular complexity index is 664. The van der Waals surface area contributed by atoms with Crippen LogP contribution in [0.25, 0.3) is 0 Å². The highest BCUT2D eigenvalue weighted by Gasteiger charge is 2.30. The molecule has 0 saturated heterocycles. The Morgan fingerprint density at radius 1 is 1.41 bits per heavy atom. The largest absolute Gasteiger partial charge is 0.334 e. The van der Waals surface area contributed by atoms with Crippen molar-refractivity contribution < 1.29 is 4.79 Å². The quantitative estimate of drug-likeness (QED) is 0.935. The number of amides is 1. The average Bonchev–Trinajstić information content (AvgIpc) is 3.07. The van der Waals surface area contributed by atoms with E-state index in [0.29, 0.717) is 18.3 Å². The first kappa shape index (κ1) is 14.7. The first-order valence-corrected chi connectivity index (χ1v) is 7.51. The Morgan fingerprint density at radius 2 is 2.23 bits per heavy atom. The van der Waals surface area contributed by atoms with Crippen molar-refractivity contribution in [1.29, 1.82) is 0 Å². The van der Waals surface area contributed by atoms with Gasteiger partial charge in [0.1, 0.15) is 0 Å². The zero-order valence-electron chi connectivity index (χ0n) is 13.2. The number of rotatable bonds is 4. The summed E-state index contributed by atoms with van der Waals surface area (Å²) in [7, 11) is 1.78. The number of nitrogens with zero attached hydrogens (tertiary/aromatic N) is 4. The van der Waals surface area contributed by atoms with Crippen molar-refractivity contribution in [2.45, 2.75) is 39.5 Å². The number of pyridine rings is 1. The third kappa shape index (κ3) is 2.74. The Morgan fingerprint density at radius 3 is 2.91 bits per heavy atom. The Balaban J connectivity index is 1.74. The molecule has 3 heterocycles.